The molecule has 0 N–H and O–H groups in total. The molecule has 6 nitrogen and oxygen atoms in total. The van der Waals surface area contributed by atoms with Crippen LogP contribution in [0, 0.1) is 6.92 Å². The second-order valence-corrected chi connectivity index (χ2v) is 8.27. The molecule has 2 atom stereocenters. The normalized spacial score (nSPS) is 27.3. The van der Waals surface area contributed by atoms with Gasteiger partial charge in [-0.1, -0.05) is 0 Å². The Bertz CT molecular complexity index is 593. The van der Waals surface area contributed by atoms with Crippen molar-refractivity contribution in [1.82, 2.24) is 13.9 Å². The number of hydrogen-bond acceptors (Lipinski definition) is 4. The van der Waals surface area contributed by atoms with Crippen molar-refractivity contribution in [2.45, 2.75) is 57.7 Å². The average Bonchev–Trinajstić information content (AvgIpc) is 3.10. The molecule has 3 heterocycles. The Labute approximate surface area is 132 Å². The van der Waals surface area contributed by atoms with E-state index < -0.39 is 10.0 Å². The van der Waals surface area contributed by atoms with Crippen molar-refractivity contribution in [1.29, 1.82) is 0 Å². The fourth-order valence-electron chi connectivity index (χ4n) is 3.45. The van der Waals surface area contributed by atoms with E-state index in [1.54, 1.807) is 10.5 Å². The van der Waals surface area contributed by atoms with E-state index in [4.69, 9.17) is 4.74 Å². The fourth-order valence-corrected chi connectivity index (χ4v) is 5.41. The highest BCUT2D eigenvalue weighted by Gasteiger charge is 2.36. The third-order valence-electron chi connectivity index (χ3n) is 4.68. The summed E-state index contributed by atoms with van der Waals surface area (Å²) >= 11 is 0. The molecule has 2 aliphatic heterocycles. The van der Waals surface area contributed by atoms with Crippen molar-refractivity contribution >= 4 is 10.0 Å². The van der Waals surface area contributed by atoms with Crippen molar-refractivity contribution in [2.24, 2.45) is 0 Å². The summed E-state index contributed by atoms with van der Waals surface area (Å²) in [5.41, 5.74) is 0. The Kier molecular flexibility index (Phi) is 4.84. The Hall–Kier alpha value is -0.920. The van der Waals surface area contributed by atoms with Gasteiger partial charge in [-0.3, -0.25) is 0 Å². The van der Waals surface area contributed by atoms with Gasteiger partial charge in [0.1, 0.15) is 5.82 Å². The summed E-state index contributed by atoms with van der Waals surface area (Å²) in [7, 11) is -3.25. The van der Waals surface area contributed by atoms with E-state index in [9.17, 15) is 8.42 Å². The molecule has 22 heavy (non-hydrogen) atoms. The zero-order chi connectivity index (χ0) is 15.6. The Morgan fingerprint density at radius 1 is 1.32 bits per heavy atom. The van der Waals surface area contributed by atoms with Gasteiger partial charge in [-0.25, -0.2) is 13.4 Å². The van der Waals surface area contributed by atoms with E-state index >= 15 is 0 Å². The molecule has 124 valence electrons. The van der Waals surface area contributed by atoms with Crippen molar-refractivity contribution in [3.8, 4) is 0 Å². The zero-order valence-electron chi connectivity index (χ0n) is 13.1. The minimum atomic E-state index is -3.25. The molecule has 1 aromatic heterocycles. The van der Waals surface area contributed by atoms with E-state index in [-0.39, 0.29) is 17.9 Å². The van der Waals surface area contributed by atoms with Gasteiger partial charge in [0.05, 0.1) is 11.9 Å². The van der Waals surface area contributed by atoms with Crippen LogP contribution in [0.15, 0.2) is 12.4 Å². The highest BCUT2D eigenvalue weighted by Crippen LogP contribution is 2.25. The first-order valence-electron chi connectivity index (χ1n) is 8.15. The van der Waals surface area contributed by atoms with Gasteiger partial charge < -0.3 is 9.30 Å². The van der Waals surface area contributed by atoms with E-state index in [0.29, 0.717) is 19.7 Å². The first kappa shape index (κ1) is 16.0. The monoisotopic (exact) mass is 327 g/mol. The lowest BCUT2D eigenvalue weighted by molar-refractivity contribution is 0.0298. The first-order valence-corrected chi connectivity index (χ1v) is 9.76. The van der Waals surface area contributed by atoms with Gasteiger partial charge >= 0.3 is 0 Å². The summed E-state index contributed by atoms with van der Waals surface area (Å²) in [6.07, 6.45) is 8.38. The highest BCUT2D eigenvalue weighted by atomic mass is 32.2. The molecule has 0 radical (unpaired) electrons. The Morgan fingerprint density at radius 3 is 2.86 bits per heavy atom. The third-order valence-corrected chi connectivity index (χ3v) is 6.67. The number of hydrogen-bond donors (Lipinski definition) is 0. The van der Waals surface area contributed by atoms with Gasteiger partial charge in [0.25, 0.3) is 0 Å². The van der Waals surface area contributed by atoms with Crippen LogP contribution in [0.1, 0.15) is 37.9 Å². The molecule has 3 rings (SSSR count). The number of sulfonamides is 1. The van der Waals surface area contributed by atoms with Gasteiger partial charge in [-0.2, -0.15) is 4.31 Å². The molecule has 2 fully saturated rings. The van der Waals surface area contributed by atoms with Gasteiger partial charge in [-0.05, 0) is 39.0 Å². The number of imidazole rings is 1. The summed E-state index contributed by atoms with van der Waals surface area (Å²) in [5.74, 6) is 1.06. The highest BCUT2D eigenvalue weighted by molar-refractivity contribution is 7.89. The molecule has 2 aliphatic rings. The van der Waals surface area contributed by atoms with E-state index in [1.807, 2.05) is 17.7 Å². The summed E-state index contributed by atoms with van der Waals surface area (Å²) in [5, 5.41) is 0. The molecule has 0 aliphatic carbocycles. The largest absolute Gasteiger partial charge is 0.377 e. The lowest BCUT2D eigenvalue weighted by Crippen LogP contribution is -2.42. The number of ether oxygens (including phenoxy) is 1. The van der Waals surface area contributed by atoms with Gasteiger partial charge in [0.15, 0.2) is 0 Å². The number of aryl methyl sites for hydroxylation is 1. The lowest BCUT2D eigenvalue weighted by atomic mass is 10.1. The van der Waals surface area contributed by atoms with Gasteiger partial charge in [0.2, 0.25) is 10.0 Å². The molecule has 0 amide bonds. The standard InChI is InChI=1S/C15H25N3O3S/c1-13-16-7-9-17(13)11-14-5-4-8-18(14)22(19,20)12-15-6-2-3-10-21-15/h7,9,14-15H,2-6,8,10-12H2,1H3/t14-,15+/m0/s1. The predicted molar refractivity (Wildman–Crippen MR) is 84.1 cm³/mol. The van der Waals surface area contributed by atoms with Crippen molar-refractivity contribution in [2.75, 3.05) is 18.9 Å². The maximum Gasteiger partial charge on any atom is 0.216 e. The fraction of sp³-hybridized carbons (Fsp3) is 0.800. The van der Waals surface area contributed by atoms with Gasteiger partial charge in [-0.15, -0.1) is 0 Å². The SMILES string of the molecule is Cc1nccn1C[C@@H]1CCCN1S(=O)(=O)C[C@H]1CCCCO1. The molecule has 0 aromatic carbocycles. The minimum Gasteiger partial charge on any atom is -0.377 e. The second kappa shape index (κ2) is 6.68. The molecule has 2 saturated heterocycles. The Balaban J connectivity index is 1.67. The molecular formula is C15H25N3O3S. The molecule has 1 aromatic rings. The van der Waals surface area contributed by atoms with Crippen molar-refractivity contribution < 1.29 is 13.2 Å². The van der Waals surface area contributed by atoms with Crippen LogP contribution in [0.2, 0.25) is 0 Å². The minimum absolute atomic E-state index is 0.0430. The Morgan fingerprint density at radius 2 is 2.18 bits per heavy atom. The van der Waals surface area contributed by atoms with Crippen LogP contribution in [-0.2, 0) is 21.3 Å². The molecule has 7 heteroatoms. The second-order valence-electron chi connectivity index (χ2n) is 6.30. The van der Waals surface area contributed by atoms with Crippen LogP contribution in [0.4, 0.5) is 0 Å². The predicted octanol–water partition coefficient (Wildman–Crippen LogP) is 1.55. The van der Waals surface area contributed by atoms with E-state index in [1.165, 1.54) is 0 Å². The smallest absolute Gasteiger partial charge is 0.216 e. The van der Waals surface area contributed by atoms with Crippen LogP contribution < -0.4 is 0 Å². The van der Waals surface area contributed by atoms with Crippen LogP contribution in [0.25, 0.3) is 0 Å². The first-order chi connectivity index (χ1) is 10.6. The topological polar surface area (TPSA) is 64.4 Å². The summed E-state index contributed by atoms with van der Waals surface area (Å²) in [6.45, 7) is 3.96. The van der Waals surface area contributed by atoms with Crippen LogP contribution in [0.5, 0.6) is 0 Å². The molecular weight excluding hydrogens is 302 g/mol. The van der Waals surface area contributed by atoms with Crippen LogP contribution >= 0.6 is 0 Å². The van der Waals surface area contributed by atoms with Crippen LogP contribution in [-0.4, -0.2) is 53.3 Å². The number of aromatic nitrogens is 2. The quantitative estimate of drug-likeness (QED) is 0.823. The van der Waals surface area contributed by atoms with Crippen molar-refractivity contribution in [3.05, 3.63) is 18.2 Å². The number of nitrogens with zero attached hydrogens (tertiary/aromatic N) is 3. The summed E-state index contributed by atoms with van der Waals surface area (Å²) in [4.78, 5) is 4.21. The maximum absolute atomic E-state index is 12.7. The number of rotatable bonds is 5. The van der Waals surface area contributed by atoms with Gasteiger partial charge in [0, 0.05) is 38.1 Å². The molecule has 0 spiro atoms. The molecule has 0 bridgehead atoms. The van der Waals surface area contributed by atoms with Crippen molar-refractivity contribution in [3.63, 3.8) is 0 Å². The summed E-state index contributed by atoms with van der Waals surface area (Å²) in [6, 6.07) is 0.0430. The lowest BCUT2D eigenvalue weighted by Gasteiger charge is -2.28. The molecule has 0 saturated carbocycles. The maximum atomic E-state index is 12.7. The zero-order valence-corrected chi connectivity index (χ0v) is 14.0. The van der Waals surface area contributed by atoms with Crippen LogP contribution in [0.3, 0.4) is 0 Å². The average molecular weight is 327 g/mol. The van der Waals surface area contributed by atoms with E-state index in [2.05, 4.69) is 4.98 Å². The molecule has 0 unspecified atom stereocenters. The van der Waals surface area contributed by atoms with E-state index in [0.717, 1.165) is 37.9 Å². The third kappa shape index (κ3) is 3.52. The summed E-state index contributed by atoms with van der Waals surface area (Å²) < 4.78 is 34.8.